The molecule has 1 aromatic heterocycles. The third kappa shape index (κ3) is 4.26. The van der Waals surface area contributed by atoms with Gasteiger partial charge in [0.05, 0.1) is 10.7 Å². The third-order valence-corrected chi connectivity index (χ3v) is 4.63. The lowest BCUT2D eigenvalue weighted by Crippen LogP contribution is -2.31. The van der Waals surface area contributed by atoms with Crippen LogP contribution in [0.4, 0.5) is 5.82 Å². The molecule has 1 saturated carbocycles. The predicted octanol–water partition coefficient (Wildman–Crippen LogP) is 3.17. The minimum atomic E-state index is 0.466. The van der Waals surface area contributed by atoms with Crippen LogP contribution in [0.3, 0.4) is 0 Å². The molecule has 0 aliphatic heterocycles. The first-order valence-electron chi connectivity index (χ1n) is 6.72. The largest absolute Gasteiger partial charge is 0.356 e. The Morgan fingerprint density at radius 3 is 2.89 bits per heavy atom. The molecular formula is C14H22ClN3S. The van der Waals surface area contributed by atoms with E-state index in [2.05, 4.69) is 30.4 Å². The van der Waals surface area contributed by atoms with Gasteiger partial charge in [0.1, 0.15) is 5.82 Å². The van der Waals surface area contributed by atoms with Gasteiger partial charge >= 0.3 is 0 Å². The molecule has 0 bridgehead atoms. The van der Waals surface area contributed by atoms with Gasteiger partial charge in [-0.3, -0.25) is 0 Å². The van der Waals surface area contributed by atoms with E-state index in [1.165, 1.54) is 12.8 Å². The maximum Gasteiger partial charge on any atom is 0.128 e. The summed E-state index contributed by atoms with van der Waals surface area (Å²) < 4.78 is 0. The lowest BCUT2D eigenvalue weighted by molar-refractivity contribution is 0.670. The molecule has 2 rings (SSSR count). The first kappa shape index (κ1) is 14.9. The number of nitrogens with one attached hydrogen (secondary N) is 1. The minimum absolute atomic E-state index is 0.466. The van der Waals surface area contributed by atoms with Crippen molar-refractivity contribution in [1.29, 1.82) is 0 Å². The standard InChI is InChI=1S/C14H22ClN3S/c1-10(9-19-3)18(2)14-7-6-12(15)13(17-14)8-16-11-4-5-11/h6-7,10-11,16H,4-5,8-9H2,1-3H3. The number of halogens is 1. The van der Waals surface area contributed by atoms with Gasteiger partial charge in [-0.15, -0.1) is 0 Å². The number of aromatic nitrogens is 1. The number of nitrogens with zero attached hydrogens (tertiary/aromatic N) is 2. The van der Waals surface area contributed by atoms with Crippen LogP contribution in [-0.2, 0) is 6.54 Å². The van der Waals surface area contributed by atoms with Gasteiger partial charge in [-0.25, -0.2) is 4.98 Å². The summed E-state index contributed by atoms with van der Waals surface area (Å²) in [6.45, 7) is 2.98. The second-order valence-corrected chi connectivity index (χ2v) is 6.49. The van der Waals surface area contributed by atoms with Crippen LogP contribution in [0.5, 0.6) is 0 Å². The molecule has 106 valence electrons. The summed E-state index contributed by atoms with van der Waals surface area (Å²) in [7, 11) is 2.09. The molecule has 0 amide bonds. The lowest BCUT2D eigenvalue weighted by Gasteiger charge is -2.26. The Labute approximate surface area is 125 Å². The van der Waals surface area contributed by atoms with Crippen LogP contribution < -0.4 is 10.2 Å². The first-order valence-corrected chi connectivity index (χ1v) is 8.49. The maximum absolute atomic E-state index is 6.22. The van der Waals surface area contributed by atoms with Gasteiger partial charge in [-0.2, -0.15) is 11.8 Å². The number of hydrogen-bond donors (Lipinski definition) is 1. The number of anilines is 1. The molecular weight excluding hydrogens is 278 g/mol. The molecule has 1 aromatic rings. The van der Waals surface area contributed by atoms with E-state index in [1.807, 2.05) is 23.9 Å². The molecule has 0 aromatic carbocycles. The van der Waals surface area contributed by atoms with E-state index >= 15 is 0 Å². The summed E-state index contributed by atoms with van der Waals surface area (Å²) in [5.41, 5.74) is 0.953. The lowest BCUT2D eigenvalue weighted by atomic mass is 10.3. The maximum atomic E-state index is 6.22. The fraction of sp³-hybridized carbons (Fsp3) is 0.643. The second-order valence-electron chi connectivity index (χ2n) is 5.17. The van der Waals surface area contributed by atoms with Crippen LogP contribution in [0.25, 0.3) is 0 Å². The zero-order valence-electron chi connectivity index (χ0n) is 11.8. The SMILES string of the molecule is CSCC(C)N(C)c1ccc(Cl)c(CNC2CC2)n1. The van der Waals surface area contributed by atoms with Crippen LogP contribution in [-0.4, -0.2) is 36.1 Å². The number of rotatable bonds is 7. The van der Waals surface area contributed by atoms with E-state index in [9.17, 15) is 0 Å². The molecule has 0 spiro atoms. The molecule has 5 heteroatoms. The minimum Gasteiger partial charge on any atom is -0.356 e. The van der Waals surface area contributed by atoms with E-state index in [0.29, 0.717) is 12.1 Å². The van der Waals surface area contributed by atoms with Crippen LogP contribution in [0.1, 0.15) is 25.5 Å². The van der Waals surface area contributed by atoms with E-state index < -0.39 is 0 Å². The Morgan fingerprint density at radius 1 is 1.53 bits per heavy atom. The van der Waals surface area contributed by atoms with Crippen molar-refractivity contribution in [2.24, 2.45) is 0 Å². The molecule has 1 aliphatic rings. The van der Waals surface area contributed by atoms with Gasteiger partial charge in [0, 0.05) is 31.4 Å². The zero-order chi connectivity index (χ0) is 13.8. The number of hydrogen-bond acceptors (Lipinski definition) is 4. The van der Waals surface area contributed by atoms with Crippen molar-refractivity contribution in [3.8, 4) is 0 Å². The van der Waals surface area contributed by atoms with Crippen LogP contribution in [0.15, 0.2) is 12.1 Å². The van der Waals surface area contributed by atoms with Gasteiger partial charge in [0.15, 0.2) is 0 Å². The van der Waals surface area contributed by atoms with E-state index in [-0.39, 0.29) is 0 Å². The second kappa shape index (κ2) is 6.82. The van der Waals surface area contributed by atoms with Crippen molar-refractivity contribution in [2.75, 3.05) is 24.0 Å². The normalized spacial score (nSPS) is 16.4. The number of pyridine rings is 1. The quantitative estimate of drug-likeness (QED) is 0.837. The van der Waals surface area contributed by atoms with Gasteiger partial charge in [0.2, 0.25) is 0 Å². The summed E-state index contributed by atoms with van der Waals surface area (Å²) in [5, 5.41) is 4.22. The van der Waals surface area contributed by atoms with E-state index in [1.54, 1.807) is 0 Å². The van der Waals surface area contributed by atoms with Crippen LogP contribution >= 0.6 is 23.4 Å². The van der Waals surface area contributed by atoms with Crippen molar-refractivity contribution in [3.05, 3.63) is 22.8 Å². The fourth-order valence-corrected chi connectivity index (χ4v) is 2.78. The zero-order valence-corrected chi connectivity index (χ0v) is 13.4. The van der Waals surface area contributed by atoms with E-state index in [4.69, 9.17) is 16.6 Å². The van der Waals surface area contributed by atoms with Gasteiger partial charge in [-0.05, 0) is 38.2 Å². The van der Waals surface area contributed by atoms with Gasteiger partial charge < -0.3 is 10.2 Å². The van der Waals surface area contributed by atoms with Gasteiger partial charge in [0.25, 0.3) is 0 Å². The average Bonchev–Trinajstić information content (AvgIpc) is 3.21. The Bertz CT molecular complexity index is 423. The molecule has 1 aliphatic carbocycles. The smallest absolute Gasteiger partial charge is 0.128 e. The molecule has 19 heavy (non-hydrogen) atoms. The van der Waals surface area contributed by atoms with Crippen molar-refractivity contribution >= 4 is 29.2 Å². The highest BCUT2D eigenvalue weighted by Crippen LogP contribution is 2.23. The molecule has 0 radical (unpaired) electrons. The first-order chi connectivity index (χ1) is 9.11. The van der Waals surface area contributed by atoms with Crippen molar-refractivity contribution in [2.45, 2.75) is 38.4 Å². The Balaban J connectivity index is 2.05. The fourth-order valence-electron chi connectivity index (χ4n) is 1.90. The highest BCUT2D eigenvalue weighted by molar-refractivity contribution is 7.98. The van der Waals surface area contributed by atoms with Crippen molar-refractivity contribution < 1.29 is 0 Å². The molecule has 3 nitrogen and oxygen atoms in total. The summed E-state index contributed by atoms with van der Waals surface area (Å²) in [5.74, 6) is 2.09. The molecule has 0 saturated heterocycles. The van der Waals surface area contributed by atoms with Crippen LogP contribution in [0, 0.1) is 0 Å². The van der Waals surface area contributed by atoms with Gasteiger partial charge in [-0.1, -0.05) is 11.6 Å². The topological polar surface area (TPSA) is 28.2 Å². The molecule has 1 atom stereocenters. The summed E-state index contributed by atoms with van der Waals surface area (Å²) >= 11 is 8.08. The highest BCUT2D eigenvalue weighted by atomic mass is 35.5. The highest BCUT2D eigenvalue weighted by Gasteiger charge is 2.21. The summed E-state index contributed by atoms with van der Waals surface area (Å²) in [6, 6.07) is 5.10. The molecule has 1 heterocycles. The average molecular weight is 300 g/mol. The monoisotopic (exact) mass is 299 g/mol. The summed E-state index contributed by atoms with van der Waals surface area (Å²) in [4.78, 5) is 6.91. The predicted molar refractivity (Wildman–Crippen MR) is 85.4 cm³/mol. The summed E-state index contributed by atoms with van der Waals surface area (Å²) in [6.07, 6.45) is 4.69. The molecule has 1 unspecified atom stereocenters. The van der Waals surface area contributed by atoms with Crippen LogP contribution in [0.2, 0.25) is 5.02 Å². The third-order valence-electron chi connectivity index (χ3n) is 3.47. The Kier molecular flexibility index (Phi) is 5.37. The van der Waals surface area contributed by atoms with Crippen molar-refractivity contribution in [1.82, 2.24) is 10.3 Å². The van der Waals surface area contributed by atoms with Crippen molar-refractivity contribution in [3.63, 3.8) is 0 Å². The molecule has 1 N–H and O–H groups in total. The number of thioether (sulfide) groups is 1. The molecule has 1 fully saturated rings. The Morgan fingerprint density at radius 2 is 2.26 bits per heavy atom. The Hall–Kier alpha value is -0.450. The van der Waals surface area contributed by atoms with E-state index in [0.717, 1.165) is 28.8 Å².